The van der Waals surface area contributed by atoms with E-state index in [2.05, 4.69) is 43.3 Å². The molecule has 0 spiro atoms. The first-order chi connectivity index (χ1) is 10.3. The van der Waals surface area contributed by atoms with Crippen molar-refractivity contribution in [2.24, 2.45) is 21.7 Å². The monoisotopic (exact) mass is 309 g/mol. The molecule has 2 saturated carbocycles. The number of methoxy groups -OCH3 is 1. The molecule has 126 valence electrons. The zero-order valence-electron chi connectivity index (χ0n) is 14.8. The highest BCUT2D eigenvalue weighted by Crippen LogP contribution is 2.52. The lowest BCUT2D eigenvalue weighted by atomic mass is 9.57. The zero-order valence-corrected chi connectivity index (χ0v) is 14.8. The molecular formula is C17H31N3O2. The maximum Gasteiger partial charge on any atom is 0.191 e. The lowest BCUT2D eigenvalue weighted by Crippen LogP contribution is -2.70. The molecule has 22 heavy (non-hydrogen) atoms. The highest BCUT2D eigenvalue weighted by Gasteiger charge is 2.59. The largest absolute Gasteiger partial charge is 0.381 e. The summed E-state index contributed by atoms with van der Waals surface area (Å²) in [7, 11) is 3.65. The van der Waals surface area contributed by atoms with Gasteiger partial charge >= 0.3 is 0 Å². The molecule has 0 aromatic rings. The van der Waals surface area contributed by atoms with Crippen LogP contribution < -0.4 is 10.6 Å². The van der Waals surface area contributed by atoms with Crippen molar-refractivity contribution in [3.8, 4) is 0 Å². The van der Waals surface area contributed by atoms with E-state index in [0.717, 1.165) is 25.4 Å². The summed E-state index contributed by atoms with van der Waals surface area (Å²) in [4.78, 5) is 4.44. The van der Waals surface area contributed by atoms with Gasteiger partial charge in [-0.1, -0.05) is 27.7 Å². The lowest BCUT2D eigenvalue weighted by molar-refractivity contribution is -0.108. The fraction of sp³-hybridized carbons (Fsp3) is 0.941. The number of aliphatic imine (C=N–C) groups is 1. The van der Waals surface area contributed by atoms with Crippen molar-refractivity contribution in [1.29, 1.82) is 0 Å². The Hall–Kier alpha value is -0.810. The van der Waals surface area contributed by atoms with Gasteiger partial charge in [0.2, 0.25) is 0 Å². The Morgan fingerprint density at radius 2 is 1.91 bits per heavy atom. The number of guanidine groups is 1. The topological polar surface area (TPSA) is 54.9 Å². The Kier molecular flexibility index (Phi) is 3.92. The van der Waals surface area contributed by atoms with Crippen molar-refractivity contribution in [2.75, 3.05) is 20.8 Å². The average Bonchev–Trinajstić information content (AvgIpc) is 2.92. The van der Waals surface area contributed by atoms with Crippen LogP contribution in [-0.2, 0) is 9.47 Å². The predicted octanol–water partition coefficient (Wildman–Crippen LogP) is 1.78. The smallest absolute Gasteiger partial charge is 0.191 e. The Bertz CT molecular complexity index is 461. The van der Waals surface area contributed by atoms with Crippen LogP contribution in [0.2, 0.25) is 0 Å². The van der Waals surface area contributed by atoms with E-state index in [4.69, 9.17) is 9.47 Å². The van der Waals surface area contributed by atoms with Crippen LogP contribution in [0.5, 0.6) is 0 Å². The number of hydrogen-bond acceptors (Lipinski definition) is 3. The van der Waals surface area contributed by atoms with Gasteiger partial charge in [-0.05, 0) is 12.8 Å². The fourth-order valence-corrected chi connectivity index (χ4v) is 4.63. The van der Waals surface area contributed by atoms with E-state index in [1.807, 2.05) is 7.05 Å². The van der Waals surface area contributed by atoms with E-state index in [1.165, 1.54) is 0 Å². The first kappa shape index (κ1) is 16.1. The summed E-state index contributed by atoms with van der Waals surface area (Å²) < 4.78 is 11.4. The molecule has 1 saturated heterocycles. The highest BCUT2D eigenvalue weighted by molar-refractivity contribution is 5.81. The molecule has 3 fully saturated rings. The van der Waals surface area contributed by atoms with Crippen LogP contribution in [0.25, 0.3) is 0 Å². The summed E-state index contributed by atoms with van der Waals surface area (Å²) in [5.41, 5.74) is 0.309. The summed E-state index contributed by atoms with van der Waals surface area (Å²) in [5, 5.41) is 7.25. The normalized spacial score (nSPS) is 42.1. The first-order valence-electron chi connectivity index (χ1n) is 8.46. The molecule has 3 aliphatic rings. The molecule has 5 heteroatoms. The Morgan fingerprint density at radius 1 is 1.18 bits per heavy atom. The Labute approximate surface area is 134 Å². The predicted molar refractivity (Wildman–Crippen MR) is 88.0 cm³/mol. The van der Waals surface area contributed by atoms with Crippen LogP contribution in [0, 0.1) is 16.7 Å². The van der Waals surface area contributed by atoms with Gasteiger partial charge in [-0.15, -0.1) is 0 Å². The van der Waals surface area contributed by atoms with Gasteiger partial charge < -0.3 is 20.1 Å². The third-order valence-electron chi connectivity index (χ3n) is 6.39. The van der Waals surface area contributed by atoms with Gasteiger partial charge in [0.15, 0.2) is 5.96 Å². The molecule has 1 aliphatic heterocycles. The van der Waals surface area contributed by atoms with Crippen LogP contribution in [-0.4, -0.2) is 51.0 Å². The number of fused-ring (bicyclic) bond motifs is 1. The quantitative estimate of drug-likeness (QED) is 0.616. The molecule has 0 bridgehead atoms. The molecule has 2 aliphatic carbocycles. The molecule has 5 nitrogen and oxygen atoms in total. The highest BCUT2D eigenvalue weighted by atomic mass is 16.5. The zero-order chi connectivity index (χ0) is 16.1. The number of nitrogens with zero attached hydrogens (tertiary/aromatic N) is 1. The summed E-state index contributed by atoms with van der Waals surface area (Å²) >= 11 is 0. The van der Waals surface area contributed by atoms with E-state index in [1.54, 1.807) is 7.11 Å². The van der Waals surface area contributed by atoms with Crippen molar-refractivity contribution in [3.63, 3.8) is 0 Å². The van der Waals surface area contributed by atoms with E-state index in [9.17, 15) is 0 Å². The van der Waals surface area contributed by atoms with Crippen LogP contribution in [0.1, 0.15) is 40.5 Å². The van der Waals surface area contributed by atoms with Crippen LogP contribution in [0.15, 0.2) is 4.99 Å². The summed E-state index contributed by atoms with van der Waals surface area (Å²) in [6, 6.07) is 0.843. The summed E-state index contributed by atoms with van der Waals surface area (Å²) in [6.45, 7) is 9.99. The van der Waals surface area contributed by atoms with Gasteiger partial charge in [0.25, 0.3) is 0 Å². The second-order valence-electron chi connectivity index (χ2n) is 8.24. The van der Waals surface area contributed by atoms with Gasteiger partial charge in [-0.25, -0.2) is 0 Å². The van der Waals surface area contributed by atoms with Crippen molar-refractivity contribution in [3.05, 3.63) is 0 Å². The minimum Gasteiger partial charge on any atom is -0.381 e. The first-order valence-corrected chi connectivity index (χ1v) is 8.46. The number of hydrogen-bond donors (Lipinski definition) is 2. The number of rotatable bonds is 3. The molecule has 5 unspecified atom stereocenters. The van der Waals surface area contributed by atoms with Gasteiger partial charge in [-0.3, -0.25) is 4.99 Å². The second-order valence-corrected chi connectivity index (χ2v) is 8.24. The average molecular weight is 309 g/mol. The maximum absolute atomic E-state index is 5.87. The summed E-state index contributed by atoms with van der Waals surface area (Å²) in [6.07, 6.45) is 2.92. The third-order valence-corrected chi connectivity index (χ3v) is 6.39. The Morgan fingerprint density at radius 3 is 2.50 bits per heavy atom. The second kappa shape index (κ2) is 5.38. The van der Waals surface area contributed by atoms with Crippen molar-refractivity contribution >= 4 is 5.96 Å². The van der Waals surface area contributed by atoms with Crippen molar-refractivity contribution in [1.82, 2.24) is 10.6 Å². The molecule has 0 aromatic heterocycles. The van der Waals surface area contributed by atoms with Crippen molar-refractivity contribution < 1.29 is 9.47 Å². The minimum absolute atomic E-state index is 0.139. The molecule has 5 atom stereocenters. The third kappa shape index (κ3) is 2.24. The van der Waals surface area contributed by atoms with E-state index in [0.29, 0.717) is 30.2 Å². The van der Waals surface area contributed by atoms with Crippen LogP contribution >= 0.6 is 0 Å². The fourth-order valence-electron chi connectivity index (χ4n) is 4.63. The summed E-state index contributed by atoms with van der Waals surface area (Å²) in [5.74, 6) is 1.53. The van der Waals surface area contributed by atoms with Crippen LogP contribution in [0.4, 0.5) is 0 Å². The van der Waals surface area contributed by atoms with E-state index >= 15 is 0 Å². The standard InChI is InChI=1S/C17H31N3O2/c1-16(2)11(9-12(16)21-6)19-15(18-5)20-13-10-7-8-22-14(10)17(13,3)4/h10-14H,7-9H2,1-6H3,(H2,18,19,20). The molecule has 1 heterocycles. The van der Waals surface area contributed by atoms with Gasteiger partial charge in [0.1, 0.15) is 0 Å². The van der Waals surface area contributed by atoms with Gasteiger partial charge in [-0.2, -0.15) is 0 Å². The number of nitrogens with one attached hydrogen (secondary N) is 2. The molecular weight excluding hydrogens is 278 g/mol. The SMILES string of the molecule is CN=C(NC1CC(OC)C1(C)C)NC1C2CCOC2C1(C)C. The minimum atomic E-state index is 0.139. The molecule has 2 N–H and O–H groups in total. The number of ether oxygens (including phenoxy) is 2. The Balaban J connectivity index is 1.60. The van der Waals surface area contributed by atoms with Gasteiger partial charge in [0, 0.05) is 49.6 Å². The van der Waals surface area contributed by atoms with Crippen LogP contribution in [0.3, 0.4) is 0 Å². The molecule has 3 rings (SSSR count). The van der Waals surface area contributed by atoms with Crippen molar-refractivity contribution in [2.45, 2.75) is 64.8 Å². The molecule has 0 aromatic carbocycles. The van der Waals surface area contributed by atoms with E-state index < -0.39 is 0 Å². The van der Waals surface area contributed by atoms with Gasteiger partial charge in [0.05, 0.1) is 12.2 Å². The van der Waals surface area contributed by atoms with E-state index in [-0.39, 0.29) is 10.8 Å². The molecule has 0 amide bonds. The lowest BCUT2D eigenvalue weighted by Gasteiger charge is -2.56. The maximum atomic E-state index is 5.87. The molecule has 0 radical (unpaired) electrons.